The number of hydrogen-bond acceptors (Lipinski definition) is 11. The van der Waals surface area contributed by atoms with Gasteiger partial charge in [0.2, 0.25) is 5.76 Å². The lowest BCUT2D eigenvalue weighted by Gasteiger charge is -2.42. The molecule has 2 aliphatic heterocycles. The second kappa shape index (κ2) is 14.3. The van der Waals surface area contributed by atoms with E-state index in [2.05, 4.69) is 6.92 Å². The third kappa shape index (κ3) is 7.66. The van der Waals surface area contributed by atoms with Crippen LogP contribution >= 0.6 is 0 Å². The van der Waals surface area contributed by atoms with Crippen LogP contribution in [-0.2, 0) is 18.9 Å². The van der Waals surface area contributed by atoms with E-state index in [1.165, 1.54) is 32.1 Å². The maximum atomic E-state index is 10.5. The first kappa shape index (κ1) is 28.1. The van der Waals surface area contributed by atoms with Crippen LogP contribution < -0.4 is 0 Å². The van der Waals surface area contributed by atoms with Crippen molar-refractivity contribution >= 4 is 0 Å². The summed E-state index contributed by atoms with van der Waals surface area (Å²) >= 11 is 0. The maximum Gasteiger partial charge on any atom is 0.322 e. The van der Waals surface area contributed by atoms with E-state index < -0.39 is 73.9 Å². The van der Waals surface area contributed by atoms with Gasteiger partial charge in [0.15, 0.2) is 18.5 Å². The monoisotopic (exact) mass is 480 g/mol. The van der Waals surface area contributed by atoms with E-state index in [0.717, 1.165) is 19.3 Å². The van der Waals surface area contributed by atoms with Gasteiger partial charge in [-0.1, -0.05) is 51.9 Å². The van der Waals surface area contributed by atoms with Crippen molar-refractivity contribution < 1.29 is 54.7 Å². The summed E-state index contributed by atoms with van der Waals surface area (Å²) in [5, 5.41) is 69.7. The van der Waals surface area contributed by atoms with Crippen LogP contribution in [0.3, 0.4) is 0 Å². The standard InChI is InChI=1S/C22H40O11/c1-2-3-4-5-6-7-8-9-10-30-21-19(29)17(27)20(14(12-24)32-21)33-22-18(28)16(26)15(25)13(11-23)31-22/h13-17,19-21,23-29H,2-12H2,1H3/t13-,14-,15-,16+,17-,19-,20-,21-/m1/s1. The first-order valence-electron chi connectivity index (χ1n) is 11.8. The molecule has 0 amide bonds. The summed E-state index contributed by atoms with van der Waals surface area (Å²) in [5.74, 6) is -1.50. The molecule has 2 rings (SSSR count). The highest BCUT2D eigenvalue weighted by Gasteiger charge is 2.48. The van der Waals surface area contributed by atoms with Crippen molar-refractivity contribution in [2.24, 2.45) is 0 Å². The Bertz CT molecular complexity index is 585. The van der Waals surface area contributed by atoms with E-state index in [1.54, 1.807) is 0 Å². The minimum Gasteiger partial charge on any atom is -0.504 e. The Balaban J connectivity index is 1.86. The summed E-state index contributed by atoms with van der Waals surface area (Å²) in [6.45, 7) is 1.21. The van der Waals surface area contributed by atoms with E-state index >= 15 is 0 Å². The first-order chi connectivity index (χ1) is 15.8. The Morgan fingerprint density at radius 2 is 1.39 bits per heavy atom. The van der Waals surface area contributed by atoms with Crippen molar-refractivity contribution in [3.63, 3.8) is 0 Å². The largest absolute Gasteiger partial charge is 0.504 e. The Morgan fingerprint density at radius 1 is 0.788 bits per heavy atom. The molecule has 0 saturated carbocycles. The molecule has 0 aromatic carbocycles. The second-order valence-electron chi connectivity index (χ2n) is 8.58. The second-order valence-corrected chi connectivity index (χ2v) is 8.58. The van der Waals surface area contributed by atoms with Crippen LogP contribution in [0.1, 0.15) is 58.3 Å². The van der Waals surface area contributed by atoms with Crippen LogP contribution in [0.4, 0.5) is 0 Å². The highest BCUT2D eigenvalue weighted by molar-refractivity contribution is 5.10. The van der Waals surface area contributed by atoms with Crippen molar-refractivity contribution in [1.82, 2.24) is 0 Å². The van der Waals surface area contributed by atoms with Gasteiger partial charge < -0.3 is 54.7 Å². The molecular weight excluding hydrogens is 440 g/mol. The van der Waals surface area contributed by atoms with Crippen LogP contribution in [-0.4, -0.2) is 105 Å². The summed E-state index contributed by atoms with van der Waals surface area (Å²) in [5.41, 5.74) is 0. The highest BCUT2D eigenvalue weighted by atomic mass is 16.7. The molecule has 8 atom stereocenters. The van der Waals surface area contributed by atoms with Crippen molar-refractivity contribution in [2.75, 3.05) is 19.8 Å². The Kier molecular flexibility index (Phi) is 12.1. The third-order valence-corrected chi connectivity index (χ3v) is 5.98. The SMILES string of the molecule is CCCCCCCCCCO[C@@H]1O[C@H](CO)[C@@H](OC2=C(O)[C@@H](O)[C@H](O)[C@@H](CO)O2)[C@H](O)[C@H]1O. The lowest BCUT2D eigenvalue weighted by molar-refractivity contribution is -0.310. The fraction of sp³-hybridized carbons (Fsp3) is 0.909. The van der Waals surface area contributed by atoms with E-state index in [4.69, 9.17) is 18.9 Å². The quantitative estimate of drug-likeness (QED) is 0.164. The molecule has 0 aromatic rings. The molecule has 0 aliphatic carbocycles. The summed E-state index contributed by atoms with van der Waals surface area (Å²) in [4.78, 5) is 0. The number of hydrogen-bond donors (Lipinski definition) is 7. The molecule has 1 fully saturated rings. The van der Waals surface area contributed by atoms with Gasteiger partial charge >= 0.3 is 5.95 Å². The average molecular weight is 481 g/mol. The van der Waals surface area contributed by atoms with Crippen LogP contribution in [0.15, 0.2) is 11.7 Å². The Morgan fingerprint density at radius 3 is 2.00 bits per heavy atom. The lowest BCUT2D eigenvalue weighted by atomic mass is 9.98. The van der Waals surface area contributed by atoms with Crippen LogP contribution in [0, 0.1) is 0 Å². The zero-order valence-corrected chi connectivity index (χ0v) is 19.2. The number of rotatable bonds is 14. The summed E-state index contributed by atoms with van der Waals surface area (Å²) in [6.07, 6.45) is -2.55. The molecule has 0 unspecified atom stereocenters. The fourth-order valence-electron chi connectivity index (χ4n) is 3.88. The van der Waals surface area contributed by atoms with Gasteiger partial charge in [-0.15, -0.1) is 0 Å². The molecule has 33 heavy (non-hydrogen) atoms. The summed E-state index contributed by atoms with van der Waals surface area (Å²) in [7, 11) is 0. The van der Waals surface area contributed by atoms with E-state index in [1.807, 2.05) is 0 Å². The predicted octanol–water partition coefficient (Wildman–Crippen LogP) is -0.192. The van der Waals surface area contributed by atoms with Crippen molar-refractivity contribution in [2.45, 2.75) is 107 Å². The molecule has 0 bridgehead atoms. The maximum absolute atomic E-state index is 10.5. The molecule has 0 radical (unpaired) electrons. The van der Waals surface area contributed by atoms with Crippen LogP contribution in [0.2, 0.25) is 0 Å². The number of aliphatic hydroxyl groups is 7. The lowest BCUT2D eigenvalue weighted by Crippen LogP contribution is -2.60. The van der Waals surface area contributed by atoms with Gasteiger partial charge in [0, 0.05) is 6.61 Å². The van der Waals surface area contributed by atoms with Crippen molar-refractivity contribution in [3.05, 3.63) is 11.7 Å². The Labute approximate surface area is 194 Å². The van der Waals surface area contributed by atoms with Gasteiger partial charge in [0.05, 0.1) is 13.2 Å². The molecule has 0 aromatic heterocycles. The van der Waals surface area contributed by atoms with Gasteiger partial charge in [-0.25, -0.2) is 0 Å². The molecule has 1 saturated heterocycles. The van der Waals surface area contributed by atoms with Crippen molar-refractivity contribution in [3.8, 4) is 0 Å². The summed E-state index contributed by atoms with van der Waals surface area (Å²) in [6, 6.07) is 0. The predicted molar refractivity (Wildman–Crippen MR) is 115 cm³/mol. The van der Waals surface area contributed by atoms with Gasteiger partial charge in [0.25, 0.3) is 0 Å². The number of ether oxygens (including phenoxy) is 4. The first-order valence-corrected chi connectivity index (χ1v) is 11.8. The molecule has 11 nitrogen and oxygen atoms in total. The zero-order valence-electron chi connectivity index (χ0n) is 19.2. The van der Waals surface area contributed by atoms with Crippen LogP contribution in [0.5, 0.6) is 0 Å². The normalized spacial score (nSPS) is 34.9. The van der Waals surface area contributed by atoms with E-state index in [0.29, 0.717) is 6.61 Å². The van der Waals surface area contributed by atoms with Gasteiger partial charge in [0.1, 0.15) is 30.5 Å². The molecule has 2 heterocycles. The van der Waals surface area contributed by atoms with Gasteiger partial charge in [-0.05, 0) is 6.42 Å². The van der Waals surface area contributed by atoms with E-state index in [9.17, 15) is 35.7 Å². The smallest absolute Gasteiger partial charge is 0.322 e. The molecule has 0 spiro atoms. The van der Waals surface area contributed by atoms with E-state index in [-0.39, 0.29) is 0 Å². The fourth-order valence-corrected chi connectivity index (χ4v) is 3.88. The number of unbranched alkanes of at least 4 members (excludes halogenated alkanes) is 7. The summed E-state index contributed by atoms with van der Waals surface area (Å²) < 4.78 is 21.7. The van der Waals surface area contributed by atoms with Gasteiger partial charge in [-0.3, -0.25) is 0 Å². The molecule has 11 heteroatoms. The van der Waals surface area contributed by atoms with Crippen LogP contribution in [0.25, 0.3) is 0 Å². The molecule has 7 N–H and O–H groups in total. The minimum atomic E-state index is -1.78. The number of aliphatic hydroxyl groups excluding tert-OH is 7. The average Bonchev–Trinajstić information content (AvgIpc) is 2.82. The van der Waals surface area contributed by atoms with Crippen molar-refractivity contribution in [1.29, 1.82) is 0 Å². The molecule has 2 aliphatic rings. The van der Waals surface area contributed by atoms with Gasteiger partial charge in [-0.2, -0.15) is 0 Å². The zero-order chi connectivity index (χ0) is 24.4. The minimum absolute atomic E-state index is 0.310. The third-order valence-electron chi connectivity index (χ3n) is 5.98. The molecular formula is C22H40O11. The highest BCUT2D eigenvalue weighted by Crippen LogP contribution is 2.30. The topological polar surface area (TPSA) is 179 Å². The Hall–Kier alpha value is -1.18. The molecule has 194 valence electrons.